The van der Waals surface area contributed by atoms with Crippen molar-refractivity contribution in [3.8, 4) is 39.1 Å². The molecule has 0 aliphatic carbocycles. The Kier molecular flexibility index (Phi) is 7.82. The first-order chi connectivity index (χ1) is 28.2. The van der Waals surface area contributed by atoms with Crippen LogP contribution in [0.25, 0.3) is 82.8 Å². The quantitative estimate of drug-likeness (QED) is 0.163. The summed E-state index contributed by atoms with van der Waals surface area (Å²) in [6.45, 7) is 0. The molecule has 0 bridgehead atoms. The number of fused-ring (bicyclic) bond motifs is 6. The molecule has 0 saturated heterocycles. The van der Waals surface area contributed by atoms with Gasteiger partial charge in [-0.2, -0.15) is 0 Å². The van der Waals surface area contributed by atoms with E-state index >= 15 is 0 Å². The van der Waals surface area contributed by atoms with Gasteiger partial charge in [0.25, 0.3) is 0 Å². The Morgan fingerprint density at radius 3 is 1.33 bits per heavy atom. The van der Waals surface area contributed by atoms with Crippen LogP contribution in [0.2, 0.25) is 0 Å². The summed E-state index contributed by atoms with van der Waals surface area (Å²) in [5.74, 6) is 0. The van der Waals surface area contributed by atoms with Gasteiger partial charge in [0, 0.05) is 44.3 Å². The zero-order chi connectivity index (χ0) is 37.7. The van der Waals surface area contributed by atoms with Gasteiger partial charge in [-0.05, 0) is 112 Å². The van der Waals surface area contributed by atoms with Crippen LogP contribution in [0.5, 0.6) is 0 Å². The fraction of sp³-hybridized carbons (Fsp3) is 0. The highest BCUT2D eigenvalue weighted by Crippen LogP contribution is 2.41. The third-order valence-corrected chi connectivity index (χ3v) is 11.2. The topological polar surface area (TPSA) is 21.3 Å². The molecule has 57 heavy (non-hydrogen) atoms. The van der Waals surface area contributed by atoms with Gasteiger partial charge in [-0.1, -0.05) is 140 Å². The van der Waals surface area contributed by atoms with Gasteiger partial charge in [0.05, 0.1) is 11.0 Å². The predicted molar refractivity (Wildman–Crippen MR) is 239 cm³/mol. The van der Waals surface area contributed by atoms with Gasteiger partial charge in [-0.25, -0.2) is 0 Å². The highest BCUT2D eigenvalue weighted by Gasteiger charge is 2.18. The van der Waals surface area contributed by atoms with Crippen LogP contribution in [0.1, 0.15) is 0 Å². The van der Waals surface area contributed by atoms with Crippen molar-refractivity contribution in [2.75, 3.05) is 4.90 Å². The molecule has 11 aromatic rings. The lowest BCUT2D eigenvalue weighted by Gasteiger charge is -2.26. The van der Waals surface area contributed by atoms with Crippen LogP contribution in [0, 0.1) is 0 Å². The minimum Gasteiger partial charge on any atom is -0.456 e. The number of hydrogen-bond donors (Lipinski definition) is 0. The number of hydrogen-bond acceptors (Lipinski definition) is 2. The van der Waals surface area contributed by atoms with E-state index in [1.165, 1.54) is 44.1 Å². The van der Waals surface area contributed by atoms with E-state index in [1.54, 1.807) is 0 Å². The minimum absolute atomic E-state index is 0.882. The second kappa shape index (κ2) is 13.6. The summed E-state index contributed by atoms with van der Waals surface area (Å²) in [6, 6.07) is 78.2. The Balaban J connectivity index is 1.05. The predicted octanol–water partition coefficient (Wildman–Crippen LogP) is 15.2. The number of para-hydroxylation sites is 3. The lowest BCUT2D eigenvalue weighted by Crippen LogP contribution is -2.09. The second-order valence-electron chi connectivity index (χ2n) is 14.6. The lowest BCUT2D eigenvalue weighted by molar-refractivity contribution is 0.669. The molecule has 268 valence electrons. The molecule has 0 N–H and O–H groups in total. The smallest absolute Gasteiger partial charge is 0.135 e. The molecule has 0 unspecified atom stereocenters. The molecule has 2 heterocycles. The number of anilines is 3. The fourth-order valence-corrected chi connectivity index (χ4v) is 8.44. The van der Waals surface area contributed by atoms with Gasteiger partial charge in [0.2, 0.25) is 0 Å². The van der Waals surface area contributed by atoms with E-state index in [0.29, 0.717) is 0 Å². The largest absolute Gasteiger partial charge is 0.456 e. The summed E-state index contributed by atoms with van der Waals surface area (Å²) in [4.78, 5) is 2.34. The third kappa shape index (κ3) is 5.76. The van der Waals surface area contributed by atoms with Gasteiger partial charge < -0.3 is 13.9 Å². The number of benzene rings is 9. The lowest BCUT2D eigenvalue weighted by atomic mass is 9.97. The maximum absolute atomic E-state index is 6.23. The molecule has 0 aliphatic heterocycles. The van der Waals surface area contributed by atoms with Crippen LogP contribution in [-0.4, -0.2) is 4.57 Å². The minimum atomic E-state index is 0.882. The standard InChI is InChI=1S/C54H36N2O/c1-3-13-37(14-4-1)39-23-27-43(28-24-39)55(45-31-32-54-50(36-45)49-19-9-12-22-53(49)57-54)44-29-25-40(26-30-44)42-33-41(38-15-5-2-6-16-38)34-46(35-42)56-51-20-10-7-17-47(51)48-18-8-11-21-52(48)56/h1-36H. The van der Waals surface area contributed by atoms with E-state index < -0.39 is 0 Å². The van der Waals surface area contributed by atoms with Crippen molar-refractivity contribution in [2.24, 2.45) is 0 Å². The number of nitrogens with zero attached hydrogens (tertiary/aromatic N) is 2. The zero-order valence-electron chi connectivity index (χ0n) is 31.1. The fourth-order valence-electron chi connectivity index (χ4n) is 8.44. The highest BCUT2D eigenvalue weighted by molar-refractivity contribution is 6.09. The Labute approximate surface area is 330 Å². The van der Waals surface area contributed by atoms with Crippen LogP contribution in [0.4, 0.5) is 17.1 Å². The van der Waals surface area contributed by atoms with Crippen molar-refractivity contribution < 1.29 is 4.42 Å². The van der Waals surface area contributed by atoms with Crippen molar-refractivity contribution in [3.63, 3.8) is 0 Å². The molecule has 3 heteroatoms. The van der Waals surface area contributed by atoms with Crippen LogP contribution in [0.15, 0.2) is 223 Å². The summed E-state index contributed by atoms with van der Waals surface area (Å²) < 4.78 is 8.64. The molecular formula is C54H36N2O. The average molecular weight is 729 g/mol. The number of aromatic nitrogens is 1. The molecule has 0 aliphatic rings. The van der Waals surface area contributed by atoms with Crippen molar-refractivity contribution in [1.29, 1.82) is 0 Å². The van der Waals surface area contributed by atoms with Crippen molar-refractivity contribution in [1.82, 2.24) is 4.57 Å². The first kappa shape index (κ1) is 32.8. The zero-order valence-corrected chi connectivity index (χ0v) is 31.1. The highest BCUT2D eigenvalue weighted by atomic mass is 16.3. The molecular weight excluding hydrogens is 693 g/mol. The molecule has 0 atom stereocenters. The molecule has 0 saturated carbocycles. The molecule has 2 aromatic heterocycles. The van der Waals surface area contributed by atoms with Crippen molar-refractivity contribution in [2.45, 2.75) is 0 Å². The molecule has 0 spiro atoms. The van der Waals surface area contributed by atoms with E-state index in [0.717, 1.165) is 55.8 Å². The summed E-state index contributed by atoms with van der Waals surface area (Å²) in [7, 11) is 0. The van der Waals surface area contributed by atoms with Gasteiger partial charge in [0.1, 0.15) is 11.2 Å². The van der Waals surface area contributed by atoms with Gasteiger partial charge >= 0.3 is 0 Å². The van der Waals surface area contributed by atoms with E-state index in [2.05, 4.69) is 216 Å². The van der Waals surface area contributed by atoms with Gasteiger partial charge in [0.15, 0.2) is 0 Å². The Morgan fingerprint density at radius 1 is 0.298 bits per heavy atom. The Hall–Kier alpha value is -7.62. The Morgan fingerprint density at radius 2 is 0.737 bits per heavy atom. The van der Waals surface area contributed by atoms with Crippen LogP contribution < -0.4 is 4.90 Å². The van der Waals surface area contributed by atoms with Crippen molar-refractivity contribution >= 4 is 60.8 Å². The molecule has 9 aromatic carbocycles. The molecule has 0 fully saturated rings. The van der Waals surface area contributed by atoms with E-state index in [1.807, 2.05) is 12.1 Å². The second-order valence-corrected chi connectivity index (χ2v) is 14.6. The van der Waals surface area contributed by atoms with Crippen LogP contribution in [0.3, 0.4) is 0 Å². The summed E-state index contributed by atoms with van der Waals surface area (Å²) in [5, 5.41) is 4.72. The van der Waals surface area contributed by atoms with E-state index in [4.69, 9.17) is 4.42 Å². The average Bonchev–Trinajstić information content (AvgIpc) is 3.83. The number of rotatable bonds is 7. The first-order valence-electron chi connectivity index (χ1n) is 19.4. The third-order valence-electron chi connectivity index (χ3n) is 11.2. The molecule has 11 rings (SSSR count). The Bertz CT molecular complexity index is 3160. The molecule has 3 nitrogen and oxygen atoms in total. The van der Waals surface area contributed by atoms with Gasteiger partial charge in [-0.15, -0.1) is 0 Å². The summed E-state index contributed by atoms with van der Waals surface area (Å²) >= 11 is 0. The summed E-state index contributed by atoms with van der Waals surface area (Å²) in [5.41, 5.74) is 15.6. The van der Waals surface area contributed by atoms with E-state index in [9.17, 15) is 0 Å². The monoisotopic (exact) mass is 728 g/mol. The molecule has 0 amide bonds. The first-order valence-corrected chi connectivity index (χ1v) is 19.4. The van der Waals surface area contributed by atoms with Crippen LogP contribution in [-0.2, 0) is 0 Å². The maximum atomic E-state index is 6.23. The summed E-state index contributed by atoms with van der Waals surface area (Å²) in [6.07, 6.45) is 0. The van der Waals surface area contributed by atoms with Gasteiger partial charge in [-0.3, -0.25) is 0 Å². The SMILES string of the molecule is c1ccc(-c2ccc(N(c3ccc(-c4cc(-c5ccccc5)cc(-n5c6ccccc6c6ccccc65)c4)cc3)c3ccc4oc5ccccc5c4c3)cc2)cc1. The molecule has 0 radical (unpaired) electrons. The number of furan rings is 1. The van der Waals surface area contributed by atoms with Crippen LogP contribution >= 0.6 is 0 Å². The van der Waals surface area contributed by atoms with Crippen molar-refractivity contribution in [3.05, 3.63) is 218 Å². The van der Waals surface area contributed by atoms with E-state index in [-0.39, 0.29) is 0 Å². The normalized spacial score (nSPS) is 11.5. The maximum Gasteiger partial charge on any atom is 0.135 e.